The molecule has 0 heterocycles. The molecule has 0 saturated heterocycles. The smallest absolute Gasteiger partial charge is 0.308 e. The maximum atomic E-state index is 11.3. The van der Waals surface area contributed by atoms with E-state index in [9.17, 15) is 9.59 Å². The van der Waals surface area contributed by atoms with Gasteiger partial charge < -0.3 is 14.3 Å². The van der Waals surface area contributed by atoms with Crippen molar-refractivity contribution in [2.75, 3.05) is 7.11 Å². The van der Waals surface area contributed by atoms with Crippen LogP contribution in [0, 0.1) is 0 Å². The zero-order valence-corrected chi connectivity index (χ0v) is 13.1. The van der Waals surface area contributed by atoms with Crippen molar-refractivity contribution < 1.29 is 23.9 Å². The van der Waals surface area contributed by atoms with Gasteiger partial charge in [-0.25, -0.2) is 0 Å². The first kappa shape index (κ1) is 17.1. The van der Waals surface area contributed by atoms with Gasteiger partial charge in [0.25, 0.3) is 0 Å². The van der Waals surface area contributed by atoms with Crippen LogP contribution in [0.4, 0.5) is 0 Å². The van der Waals surface area contributed by atoms with Crippen molar-refractivity contribution in [1.29, 1.82) is 0 Å². The molecule has 0 aromatic rings. The van der Waals surface area contributed by atoms with Crippen LogP contribution in [0.25, 0.3) is 0 Å². The number of hydrogen-bond donors (Lipinski definition) is 1. The van der Waals surface area contributed by atoms with Crippen molar-refractivity contribution in [2.45, 2.75) is 57.8 Å². The Balaban J connectivity index is 4.78. The fourth-order valence-corrected chi connectivity index (χ4v) is 2.57. The lowest BCUT2D eigenvalue weighted by Crippen LogP contribution is -2.45. The van der Waals surface area contributed by atoms with Crippen molar-refractivity contribution in [1.82, 2.24) is 0 Å². The first-order chi connectivity index (χ1) is 7.99. The van der Waals surface area contributed by atoms with Crippen LogP contribution in [0.1, 0.15) is 33.6 Å². The number of esters is 1. The summed E-state index contributed by atoms with van der Waals surface area (Å²) in [6.45, 7) is 10.2. The number of hydrogen-bond acceptors (Lipinski definition) is 4. The summed E-state index contributed by atoms with van der Waals surface area (Å²) in [5.41, 5.74) is 0. The largest absolute Gasteiger partial charge is 0.481 e. The van der Waals surface area contributed by atoms with E-state index in [2.05, 4.69) is 25.5 Å². The van der Waals surface area contributed by atoms with E-state index in [4.69, 9.17) is 9.53 Å². The Kier molecular flexibility index (Phi) is 6.02. The predicted octanol–water partition coefficient (Wildman–Crippen LogP) is 2.41. The van der Waals surface area contributed by atoms with Crippen LogP contribution in [0.5, 0.6) is 0 Å². The van der Waals surface area contributed by atoms with Crippen LogP contribution in [0.15, 0.2) is 0 Å². The molecule has 0 fully saturated rings. The molecule has 0 aliphatic carbocycles. The van der Waals surface area contributed by atoms with E-state index in [1.807, 2.05) is 13.1 Å². The minimum atomic E-state index is -2.09. The predicted molar refractivity (Wildman–Crippen MR) is 71.0 cm³/mol. The highest BCUT2D eigenvalue weighted by molar-refractivity contribution is 6.74. The van der Waals surface area contributed by atoms with Crippen molar-refractivity contribution in [3.8, 4) is 0 Å². The van der Waals surface area contributed by atoms with Gasteiger partial charge in [0, 0.05) is 0 Å². The average Bonchev–Trinajstić information content (AvgIpc) is 2.13. The van der Waals surface area contributed by atoms with E-state index in [0.717, 1.165) is 0 Å². The average molecular weight is 276 g/mol. The summed E-state index contributed by atoms with van der Waals surface area (Å²) in [6.07, 6.45) is -0.812. The van der Waals surface area contributed by atoms with Crippen molar-refractivity contribution >= 4 is 20.3 Å². The van der Waals surface area contributed by atoms with Crippen LogP contribution in [-0.4, -0.2) is 38.6 Å². The van der Waals surface area contributed by atoms with Crippen molar-refractivity contribution in [3.05, 3.63) is 0 Å². The summed E-state index contributed by atoms with van der Waals surface area (Å²) < 4.78 is 10.5. The standard InChI is InChI=1S/C12H24O5Si/c1-12(2,3)18(5,6)17-9(7-10(13)14)8-11(15)16-4/h9H,7-8H2,1-6H3,(H,13,14)/t9-/m0/s1. The van der Waals surface area contributed by atoms with Gasteiger partial charge in [0.15, 0.2) is 8.32 Å². The molecule has 0 aliphatic rings. The molecule has 0 bridgehead atoms. The summed E-state index contributed by atoms with van der Waals surface area (Å²) in [5, 5.41) is 8.82. The summed E-state index contributed by atoms with van der Waals surface area (Å²) in [5.74, 6) is -1.41. The number of ether oxygens (including phenoxy) is 1. The number of aliphatic carboxylic acids is 1. The second-order valence-electron chi connectivity index (χ2n) is 5.88. The lowest BCUT2D eigenvalue weighted by Gasteiger charge is -2.38. The monoisotopic (exact) mass is 276 g/mol. The number of rotatable bonds is 6. The number of carbonyl (C=O) groups excluding carboxylic acids is 1. The van der Waals surface area contributed by atoms with Gasteiger partial charge in [0.1, 0.15) is 0 Å². The molecule has 0 spiro atoms. The molecule has 0 saturated carbocycles. The van der Waals surface area contributed by atoms with Gasteiger partial charge >= 0.3 is 11.9 Å². The molecule has 1 atom stereocenters. The van der Waals surface area contributed by atoms with E-state index >= 15 is 0 Å². The quantitative estimate of drug-likeness (QED) is 0.596. The zero-order valence-electron chi connectivity index (χ0n) is 12.1. The summed E-state index contributed by atoms with van der Waals surface area (Å²) in [6, 6.07) is 0. The Labute approximate surface area is 110 Å². The van der Waals surface area contributed by atoms with Gasteiger partial charge in [0.2, 0.25) is 0 Å². The van der Waals surface area contributed by atoms with E-state index in [1.165, 1.54) is 7.11 Å². The Morgan fingerprint density at radius 1 is 1.22 bits per heavy atom. The van der Waals surface area contributed by atoms with E-state index in [-0.39, 0.29) is 17.9 Å². The first-order valence-electron chi connectivity index (χ1n) is 5.96. The molecule has 6 heteroatoms. The molecule has 0 aromatic heterocycles. The molecule has 5 nitrogen and oxygen atoms in total. The second kappa shape index (κ2) is 6.33. The lowest BCUT2D eigenvalue weighted by atomic mass is 10.2. The third kappa shape index (κ3) is 5.64. The van der Waals surface area contributed by atoms with Gasteiger partial charge in [-0.05, 0) is 18.1 Å². The first-order valence-corrected chi connectivity index (χ1v) is 8.87. The maximum Gasteiger partial charge on any atom is 0.308 e. The molecular formula is C12H24O5Si. The third-order valence-corrected chi connectivity index (χ3v) is 7.83. The van der Waals surface area contributed by atoms with Gasteiger partial charge in [0.05, 0.1) is 26.1 Å². The third-order valence-electron chi connectivity index (χ3n) is 3.29. The van der Waals surface area contributed by atoms with E-state index in [0.29, 0.717) is 0 Å². The van der Waals surface area contributed by atoms with Gasteiger partial charge in [-0.1, -0.05) is 20.8 Å². The molecule has 0 rings (SSSR count). The molecule has 0 aliphatic heterocycles. The van der Waals surface area contributed by atoms with E-state index < -0.39 is 26.4 Å². The molecule has 18 heavy (non-hydrogen) atoms. The summed E-state index contributed by atoms with van der Waals surface area (Å²) in [4.78, 5) is 22.1. The Bertz CT molecular complexity index is 306. The Hall–Kier alpha value is -0.883. The van der Waals surface area contributed by atoms with Gasteiger partial charge in [-0.2, -0.15) is 0 Å². The molecule has 106 valence electrons. The van der Waals surface area contributed by atoms with Crippen molar-refractivity contribution in [2.24, 2.45) is 0 Å². The molecule has 0 unspecified atom stereocenters. The number of carbonyl (C=O) groups is 2. The summed E-state index contributed by atoms with van der Waals surface area (Å²) in [7, 11) is -0.801. The second-order valence-corrected chi connectivity index (χ2v) is 10.6. The highest BCUT2D eigenvalue weighted by Gasteiger charge is 2.40. The molecular weight excluding hydrogens is 252 g/mol. The minimum Gasteiger partial charge on any atom is -0.481 e. The van der Waals surface area contributed by atoms with Crippen LogP contribution in [-0.2, 0) is 18.8 Å². The maximum absolute atomic E-state index is 11.3. The van der Waals surface area contributed by atoms with Crippen molar-refractivity contribution in [3.63, 3.8) is 0 Å². The zero-order chi connectivity index (χ0) is 14.6. The SMILES string of the molecule is COC(=O)C[C@H](CC(=O)O)O[Si](C)(C)C(C)(C)C. The highest BCUT2D eigenvalue weighted by atomic mass is 28.4. The van der Waals surface area contributed by atoms with Crippen LogP contribution in [0.3, 0.4) is 0 Å². The van der Waals surface area contributed by atoms with Crippen LogP contribution < -0.4 is 0 Å². The van der Waals surface area contributed by atoms with Crippen LogP contribution >= 0.6 is 0 Å². The number of carboxylic acid groups (broad SMARTS) is 1. The minimum absolute atomic E-state index is 0.0185. The topological polar surface area (TPSA) is 72.8 Å². The van der Waals surface area contributed by atoms with Gasteiger partial charge in [-0.15, -0.1) is 0 Å². The molecule has 0 amide bonds. The Morgan fingerprint density at radius 3 is 2.06 bits per heavy atom. The highest BCUT2D eigenvalue weighted by Crippen LogP contribution is 2.38. The fraction of sp³-hybridized carbons (Fsp3) is 0.833. The number of carboxylic acids is 1. The molecule has 1 N–H and O–H groups in total. The number of methoxy groups -OCH3 is 1. The van der Waals surface area contributed by atoms with E-state index in [1.54, 1.807) is 0 Å². The Morgan fingerprint density at radius 2 is 1.72 bits per heavy atom. The lowest BCUT2D eigenvalue weighted by molar-refractivity contribution is -0.144. The van der Waals surface area contributed by atoms with Gasteiger partial charge in [-0.3, -0.25) is 9.59 Å². The fourth-order valence-electron chi connectivity index (χ4n) is 1.21. The summed E-state index contributed by atoms with van der Waals surface area (Å²) >= 11 is 0. The normalized spacial score (nSPS) is 14.1. The molecule has 0 radical (unpaired) electrons. The molecule has 0 aromatic carbocycles. The van der Waals surface area contributed by atoms with Crippen LogP contribution in [0.2, 0.25) is 18.1 Å².